The number of nitrogens with one attached hydrogen (secondary N) is 1. The molecule has 2 rings (SSSR count). The van der Waals surface area contributed by atoms with Gasteiger partial charge in [0, 0.05) is 6.42 Å². The molecule has 19 heavy (non-hydrogen) atoms. The van der Waals surface area contributed by atoms with E-state index in [0.29, 0.717) is 6.42 Å². The zero-order valence-corrected chi connectivity index (χ0v) is 10.5. The van der Waals surface area contributed by atoms with Crippen molar-refractivity contribution in [2.45, 2.75) is 32.4 Å². The van der Waals surface area contributed by atoms with Crippen molar-refractivity contribution < 1.29 is 18.9 Å². The molecule has 1 aromatic heterocycles. The maximum absolute atomic E-state index is 11.9. The third kappa shape index (κ3) is 2.69. The molecular formula is C10H13N5O4. The molecule has 1 unspecified atom stereocenters. The first-order chi connectivity index (χ1) is 8.90. The summed E-state index contributed by atoms with van der Waals surface area (Å²) in [6, 6.07) is 0. The summed E-state index contributed by atoms with van der Waals surface area (Å²) in [6.45, 7) is 3.39. The third-order valence-electron chi connectivity index (χ3n) is 2.57. The Morgan fingerprint density at radius 2 is 2.26 bits per heavy atom. The van der Waals surface area contributed by atoms with Gasteiger partial charge in [0.15, 0.2) is 0 Å². The maximum Gasteiger partial charge on any atom is 0.290 e. The van der Waals surface area contributed by atoms with E-state index in [0.717, 1.165) is 5.71 Å². The SMILES string of the molecule is CC1=NOC(C)(C(=O)NCc2nc(C(N)=O)no2)C1. The highest BCUT2D eigenvalue weighted by Gasteiger charge is 2.40. The van der Waals surface area contributed by atoms with Crippen LogP contribution in [0.25, 0.3) is 0 Å². The Labute approximate surface area is 108 Å². The lowest BCUT2D eigenvalue weighted by atomic mass is 9.99. The van der Waals surface area contributed by atoms with Gasteiger partial charge in [0.25, 0.3) is 17.6 Å². The van der Waals surface area contributed by atoms with Crippen LogP contribution in [-0.2, 0) is 16.2 Å². The molecular weight excluding hydrogens is 254 g/mol. The van der Waals surface area contributed by atoms with Crippen LogP contribution in [0.4, 0.5) is 0 Å². The molecule has 102 valence electrons. The van der Waals surface area contributed by atoms with Gasteiger partial charge in [-0.05, 0) is 13.8 Å². The van der Waals surface area contributed by atoms with Crippen LogP contribution in [0.2, 0.25) is 0 Å². The fraction of sp³-hybridized carbons (Fsp3) is 0.500. The number of aromatic nitrogens is 2. The average molecular weight is 267 g/mol. The molecule has 0 saturated heterocycles. The van der Waals surface area contributed by atoms with Crippen molar-refractivity contribution in [1.29, 1.82) is 0 Å². The first-order valence-corrected chi connectivity index (χ1v) is 5.53. The lowest BCUT2D eigenvalue weighted by Gasteiger charge is -2.19. The fourth-order valence-electron chi connectivity index (χ4n) is 1.62. The quantitative estimate of drug-likeness (QED) is 0.744. The molecule has 0 aromatic carbocycles. The Bertz CT molecular complexity index is 552. The van der Waals surface area contributed by atoms with E-state index in [1.807, 2.05) is 0 Å². The predicted molar refractivity (Wildman–Crippen MR) is 61.9 cm³/mol. The zero-order chi connectivity index (χ0) is 14.0. The number of rotatable bonds is 4. The minimum absolute atomic E-state index is 0.0168. The van der Waals surface area contributed by atoms with E-state index in [2.05, 4.69) is 20.6 Å². The van der Waals surface area contributed by atoms with Crippen molar-refractivity contribution in [2.75, 3.05) is 0 Å². The molecule has 1 aromatic rings. The van der Waals surface area contributed by atoms with Gasteiger partial charge in [-0.15, -0.1) is 0 Å². The van der Waals surface area contributed by atoms with Gasteiger partial charge in [-0.25, -0.2) is 0 Å². The Kier molecular flexibility index (Phi) is 3.19. The molecule has 9 nitrogen and oxygen atoms in total. The van der Waals surface area contributed by atoms with Crippen molar-refractivity contribution in [1.82, 2.24) is 15.5 Å². The number of carbonyl (C=O) groups excluding carboxylic acids is 2. The lowest BCUT2D eigenvalue weighted by molar-refractivity contribution is -0.142. The van der Waals surface area contributed by atoms with E-state index < -0.39 is 11.5 Å². The van der Waals surface area contributed by atoms with Gasteiger partial charge in [0.05, 0.1) is 12.3 Å². The lowest BCUT2D eigenvalue weighted by Crippen LogP contribution is -2.44. The molecule has 1 aliphatic heterocycles. The van der Waals surface area contributed by atoms with E-state index in [1.165, 1.54) is 0 Å². The molecule has 0 aliphatic carbocycles. The molecule has 0 saturated carbocycles. The Morgan fingerprint density at radius 3 is 2.79 bits per heavy atom. The van der Waals surface area contributed by atoms with Crippen LogP contribution in [0.3, 0.4) is 0 Å². The number of nitrogens with zero attached hydrogens (tertiary/aromatic N) is 3. The van der Waals surface area contributed by atoms with Gasteiger partial charge in [-0.3, -0.25) is 9.59 Å². The van der Waals surface area contributed by atoms with E-state index in [1.54, 1.807) is 13.8 Å². The molecule has 9 heteroatoms. The Balaban J connectivity index is 1.91. The van der Waals surface area contributed by atoms with Gasteiger partial charge < -0.3 is 20.4 Å². The number of nitrogens with two attached hydrogens (primary N) is 1. The zero-order valence-electron chi connectivity index (χ0n) is 10.5. The van der Waals surface area contributed by atoms with Gasteiger partial charge in [0.1, 0.15) is 0 Å². The molecule has 0 spiro atoms. The second kappa shape index (κ2) is 4.67. The largest absolute Gasteiger partial charge is 0.379 e. The van der Waals surface area contributed by atoms with Crippen LogP contribution in [0.15, 0.2) is 9.68 Å². The van der Waals surface area contributed by atoms with Crippen molar-refractivity contribution in [3.8, 4) is 0 Å². The van der Waals surface area contributed by atoms with Gasteiger partial charge in [0.2, 0.25) is 11.5 Å². The number of hydrogen-bond acceptors (Lipinski definition) is 7. The van der Waals surface area contributed by atoms with Gasteiger partial charge >= 0.3 is 0 Å². The van der Waals surface area contributed by atoms with E-state index in [-0.39, 0.29) is 24.2 Å². The average Bonchev–Trinajstić information content (AvgIpc) is 2.94. The molecule has 0 bridgehead atoms. The summed E-state index contributed by atoms with van der Waals surface area (Å²) in [5, 5.41) is 9.66. The summed E-state index contributed by atoms with van der Waals surface area (Å²) in [6.07, 6.45) is 0.412. The molecule has 0 radical (unpaired) electrons. The van der Waals surface area contributed by atoms with Gasteiger partial charge in [-0.2, -0.15) is 4.98 Å². The predicted octanol–water partition coefficient (Wildman–Crippen LogP) is -0.660. The van der Waals surface area contributed by atoms with E-state index >= 15 is 0 Å². The standard InChI is InChI=1S/C10H13N5O4/c1-5-3-10(2,19-14-5)9(17)12-4-6-13-8(7(11)16)15-18-6/h3-4H2,1-2H3,(H2,11,16)(H,12,17). The second-order valence-electron chi connectivity index (χ2n) is 4.38. The summed E-state index contributed by atoms with van der Waals surface area (Å²) in [5.74, 6) is -1.29. The van der Waals surface area contributed by atoms with Crippen LogP contribution in [0, 0.1) is 0 Å². The highest BCUT2D eigenvalue weighted by atomic mass is 16.7. The number of primary amides is 1. The summed E-state index contributed by atoms with van der Waals surface area (Å²) in [7, 11) is 0. The van der Waals surface area contributed by atoms with Crippen molar-refractivity contribution in [2.24, 2.45) is 10.9 Å². The monoisotopic (exact) mass is 267 g/mol. The summed E-state index contributed by atoms with van der Waals surface area (Å²) >= 11 is 0. The van der Waals surface area contributed by atoms with Crippen molar-refractivity contribution >= 4 is 17.5 Å². The third-order valence-corrected chi connectivity index (χ3v) is 2.57. The normalized spacial score (nSPS) is 21.7. The van der Waals surface area contributed by atoms with Crippen LogP contribution >= 0.6 is 0 Å². The maximum atomic E-state index is 11.9. The molecule has 0 fully saturated rings. The first-order valence-electron chi connectivity index (χ1n) is 5.53. The molecule has 3 N–H and O–H groups in total. The smallest absolute Gasteiger partial charge is 0.290 e. The number of oxime groups is 1. The molecule has 1 aliphatic rings. The van der Waals surface area contributed by atoms with Crippen LogP contribution in [0.1, 0.15) is 36.8 Å². The van der Waals surface area contributed by atoms with Crippen LogP contribution in [-0.4, -0.2) is 33.3 Å². The minimum Gasteiger partial charge on any atom is -0.379 e. The number of hydrogen-bond donors (Lipinski definition) is 2. The van der Waals surface area contributed by atoms with Crippen molar-refractivity contribution in [3.05, 3.63) is 11.7 Å². The highest BCUT2D eigenvalue weighted by Crippen LogP contribution is 2.23. The van der Waals surface area contributed by atoms with Crippen LogP contribution in [0.5, 0.6) is 0 Å². The first kappa shape index (κ1) is 13.0. The Morgan fingerprint density at radius 1 is 1.53 bits per heavy atom. The molecule has 2 amide bonds. The topological polar surface area (TPSA) is 133 Å². The van der Waals surface area contributed by atoms with E-state index in [4.69, 9.17) is 15.1 Å². The number of carbonyl (C=O) groups is 2. The van der Waals surface area contributed by atoms with Gasteiger partial charge in [-0.1, -0.05) is 10.3 Å². The Hall–Kier alpha value is -2.45. The van der Waals surface area contributed by atoms with E-state index in [9.17, 15) is 9.59 Å². The van der Waals surface area contributed by atoms with Crippen molar-refractivity contribution in [3.63, 3.8) is 0 Å². The molecule has 1 atom stereocenters. The van der Waals surface area contributed by atoms with Crippen LogP contribution < -0.4 is 11.1 Å². The minimum atomic E-state index is -1.03. The second-order valence-corrected chi connectivity index (χ2v) is 4.38. The number of amides is 2. The summed E-state index contributed by atoms with van der Waals surface area (Å²) < 4.78 is 4.75. The summed E-state index contributed by atoms with van der Waals surface area (Å²) in [5.41, 5.74) is 4.68. The summed E-state index contributed by atoms with van der Waals surface area (Å²) in [4.78, 5) is 31.5. The highest BCUT2D eigenvalue weighted by molar-refractivity contribution is 5.94. The fourth-order valence-corrected chi connectivity index (χ4v) is 1.62. The molecule has 2 heterocycles.